The predicted octanol–water partition coefficient (Wildman–Crippen LogP) is 3.56. The number of H-pyrrole nitrogens is 1. The van der Waals surface area contributed by atoms with Crippen LogP contribution >= 0.6 is 0 Å². The van der Waals surface area contributed by atoms with E-state index in [1.807, 2.05) is 18.2 Å². The number of nitrogens with zero attached hydrogens (tertiary/aromatic N) is 1. The quantitative estimate of drug-likeness (QED) is 0.236. The summed E-state index contributed by atoms with van der Waals surface area (Å²) >= 11 is 0. The van der Waals surface area contributed by atoms with Crippen molar-refractivity contribution in [2.24, 2.45) is 0 Å². The number of benzene rings is 2. The van der Waals surface area contributed by atoms with Gasteiger partial charge >= 0.3 is 0 Å². The summed E-state index contributed by atoms with van der Waals surface area (Å²) in [6.07, 6.45) is 5.43. The summed E-state index contributed by atoms with van der Waals surface area (Å²) < 4.78 is 0. The number of likely N-dealkylation sites (tertiary alicyclic amines) is 1. The van der Waals surface area contributed by atoms with Crippen LogP contribution in [0.5, 0.6) is 0 Å². The van der Waals surface area contributed by atoms with Crippen molar-refractivity contribution in [2.45, 2.75) is 25.4 Å². The largest absolute Gasteiger partial charge is 0.398 e. The molecule has 1 aliphatic heterocycles. The highest BCUT2D eigenvalue weighted by Gasteiger charge is 2.16. The van der Waals surface area contributed by atoms with Gasteiger partial charge in [0.2, 0.25) is 0 Å². The van der Waals surface area contributed by atoms with Crippen molar-refractivity contribution in [3.8, 4) is 0 Å². The maximum Gasteiger partial charge on any atom is 0.0868 e. The lowest BCUT2D eigenvalue weighted by molar-refractivity contribution is 0.234. The number of allylic oxidation sites excluding steroid dienone is 1. The molecule has 7 nitrogen and oxygen atoms in total. The van der Waals surface area contributed by atoms with Crippen LogP contribution in [0.2, 0.25) is 0 Å². The average Bonchev–Trinajstić information content (AvgIpc) is 3.26. The lowest BCUT2D eigenvalue weighted by atomic mass is 9.99. The number of rotatable bonds is 8. The van der Waals surface area contributed by atoms with E-state index in [1.54, 1.807) is 19.3 Å². The Kier molecular flexibility index (Phi) is 6.91. The van der Waals surface area contributed by atoms with Gasteiger partial charge in [-0.2, -0.15) is 0 Å². The molecule has 33 heavy (non-hydrogen) atoms. The zero-order valence-corrected chi connectivity index (χ0v) is 19.3. The molecule has 0 bridgehead atoms. The van der Waals surface area contributed by atoms with Crippen LogP contribution in [0.1, 0.15) is 35.2 Å². The number of nitrogen functional groups attached to an aromatic ring is 1. The number of piperidine rings is 1. The Hall–Kier alpha value is -3.42. The lowest BCUT2D eigenvalue weighted by Gasteiger charge is -2.29. The predicted molar refractivity (Wildman–Crippen MR) is 138 cm³/mol. The summed E-state index contributed by atoms with van der Waals surface area (Å²) in [5.74, 6) is 0. The van der Waals surface area contributed by atoms with E-state index in [0.29, 0.717) is 23.0 Å². The van der Waals surface area contributed by atoms with Crippen LogP contribution in [0.3, 0.4) is 0 Å². The van der Waals surface area contributed by atoms with Crippen LogP contribution in [-0.4, -0.2) is 55.0 Å². The molecule has 1 fully saturated rings. The number of fused-ring (bicyclic) bond motifs is 1. The number of aromatic amines is 1. The molecule has 0 atom stereocenters. The molecule has 0 spiro atoms. The number of aromatic nitrogens is 1. The smallest absolute Gasteiger partial charge is 0.0868 e. The van der Waals surface area contributed by atoms with Crippen molar-refractivity contribution in [2.75, 3.05) is 32.9 Å². The molecule has 2 heterocycles. The van der Waals surface area contributed by atoms with E-state index in [-0.39, 0.29) is 0 Å². The molecular formula is C26H33N7. The summed E-state index contributed by atoms with van der Waals surface area (Å²) in [7, 11) is 3.98. The molecule has 0 unspecified atom stereocenters. The number of hydrogen-bond acceptors (Lipinski definition) is 6. The zero-order valence-electron chi connectivity index (χ0n) is 19.3. The highest BCUT2D eigenvalue weighted by molar-refractivity contribution is 6.16. The minimum atomic E-state index is 0.338. The van der Waals surface area contributed by atoms with Crippen LogP contribution in [0.25, 0.3) is 16.5 Å². The van der Waals surface area contributed by atoms with E-state index in [9.17, 15) is 0 Å². The van der Waals surface area contributed by atoms with Gasteiger partial charge in [-0.1, -0.05) is 12.1 Å². The highest BCUT2D eigenvalue weighted by atomic mass is 15.1. The van der Waals surface area contributed by atoms with Gasteiger partial charge < -0.3 is 31.7 Å². The van der Waals surface area contributed by atoms with Gasteiger partial charge in [-0.25, -0.2) is 0 Å². The summed E-state index contributed by atoms with van der Waals surface area (Å²) in [4.78, 5) is 5.75. The lowest BCUT2D eigenvalue weighted by Crippen LogP contribution is -2.40. The second-order valence-electron chi connectivity index (χ2n) is 8.77. The third kappa shape index (κ3) is 5.16. The second-order valence-corrected chi connectivity index (χ2v) is 8.77. The molecule has 172 valence electrons. The first-order chi connectivity index (χ1) is 16.0. The van der Waals surface area contributed by atoms with E-state index >= 15 is 0 Å². The van der Waals surface area contributed by atoms with Crippen molar-refractivity contribution in [1.82, 2.24) is 20.5 Å². The van der Waals surface area contributed by atoms with Gasteiger partial charge in [0.05, 0.1) is 11.4 Å². The Morgan fingerprint density at radius 3 is 2.70 bits per heavy atom. The fourth-order valence-electron chi connectivity index (χ4n) is 4.36. The van der Waals surface area contributed by atoms with Gasteiger partial charge in [-0.3, -0.25) is 5.41 Å². The molecular weight excluding hydrogens is 410 g/mol. The Morgan fingerprint density at radius 2 is 1.97 bits per heavy atom. The summed E-state index contributed by atoms with van der Waals surface area (Å²) in [6.45, 7) is 3.15. The first kappa shape index (κ1) is 22.8. The molecule has 7 N–H and O–H groups in total. The first-order valence-electron chi connectivity index (χ1n) is 11.4. The molecule has 1 aliphatic rings. The molecule has 2 aromatic carbocycles. The fraction of sp³-hybridized carbons (Fsp3) is 0.308. The van der Waals surface area contributed by atoms with Gasteiger partial charge in [0.25, 0.3) is 0 Å². The van der Waals surface area contributed by atoms with Crippen LogP contribution < -0.4 is 16.4 Å². The SMILES string of the molecule is CN/C=C(\C=N)c1ccc(N)c(C(=N)c2cc3cc(CNC4CCN(C)CC4)ccc3[nH]2)c1. The molecule has 0 aliphatic carbocycles. The van der Waals surface area contributed by atoms with Crippen molar-refractivity contribution < 1.29 is 0 Å². The average molecular weight is 444 g/mol. The van der Waals surface area contributed by atoms with Crippen LogP contribution in [0.15, 0.2) is 48.7 Å². The normalized spacial score (nSPS) is 15.6. The first-order valence-corrected chi connectivity index (χ1v) is 11.4. The Bertz CT molecular complexity index is 1180. The standard InChI is InChI=1S/C26H33N7/c1-30-16-20(14-27)18-4-5-23(28)22(12-18)26(29)25-13-19-11-17(3-6-24(19)32-25)15-31-21-7-9-33(2)10-8-21/h3-6,11-14,16,21,27,29-32H,7-10,15,28H2,1-2H3/b20-16+,27-14?,29-26?. The Morgan fingerprint density at radius 1 is 1.18 bits per heavy atom. The summed E-state index contributed by atoms with van der Waals surface area (Å²) in [6, 6.07) is 14.5. The van der Waals surface area contributed by atoms with Crippen LogP contribution in [0, 0.1) is 10.8 Å². The molecule has 4 rings (SSSR count). The monoisotopic (exact) mass is 443 g/mol. The minimum absolute atomic E-state index is 0.338. The molecule has 7 heteroatoms. The third-order valence-corrected chi connectivity index (χ3v) is 6.38. The fourth-order valence-corrected chi connectivity index (χ4v) is 4.36. The second kappa shape index (κ2) is 10.0. The number of anilines is 1. The van der Waals surface area contributed by atoms with Gasteiger partial charge in [-0.15, -0.1) is 0 Å². The molecule has 0 radical (unpaired) electrons. The summed E-state index contributed by atoms with van der Waals surface area (Å²) in [5.41, 5.74) is 12.3. The van der Waals surface area contributed by atoms with Crippen molar-refractivity contribution in [3.05, 3.63) is 71.0 Å². The Balaban J connectivity index is 1.53. The van der Waals surface area contributed by atoms with E-state index < -0.39 is 0 Å². The molecule has 3 aromatic rings. The van der Waals surface area contributed by atoms with Gasteiger partial charge in [0.1, 0.15) is 0 Å². The topological polar surface area (TPSA) is 117 Å². The van der Waals surface area contributed by atoms with Gasteiger partial charge in [-0.05, 0) is 74.4 Å². The van der Waals surface area contributed by atoms with E-state index in [1.165, 1.54) is 24.6 Å². The van der Waals surface area contributed by atoms with Crippen LogP contribution in [0.4, 0.5) is 5.69 Å². The van der Waals surface area contributed by atoms with Crippen molar-refractivity contribution >= 4 is 34.1 Å². The van der Waals surface area contributed by atoms with Gasteiger partial charge in [0, 0.05) is 59.8 Å². The minimum Gasteiger partial charge on any atom is -0.398 e. The molecule has 0 amide bonds. The van der Waals surface area contributed by atoms with E-state index in [0.717, 1.165) is 47.4 Å². The Labute approximate surface area is 195 Å². The number of nitrogens with one attached hydrogen (secondary N) is 5. The van der Waals surface area contributed by atoms with Gasteiger partial charge in [0.15, 0.2) is 0 Å². The molecule has 1 saturated heterocycles. The van der Waals surface area contributed by atoms with E-state index in [4.69, 9.17) is 16.6 Å². The maximum absolute atomic E-state index is 8.81. The zero-order chi connectivity index (χ0) is 23.4. The van der Waals surface area contributed by atoms with Crippen LogP contribution in [-0.2, 0) is 6.54 Å². The number of nitrogens with two attached hydrogens (primary N) is 1. The van der Waals surface area contributed by atoms with E-state index in [2.05, 4.69) is 45.8 Å². The van der Waals surface area contributed by atoms with Crippen molar-refractivity contribution in [3.63, 3.8) is 0 Å². The molecule has 0 saturated carbocycles. The molecule has 1 aromatic heterocycles. The number of hydrogen-bond donors (Lipinski definition) is 6. The third-order valence-electron chi connectivity index (χ3n) is 6.38. The maximum atomic E-state index is 8.81. The summed E-state index contributed by atoms with van der Waals surface area (Å²) in [5, 5.41) is 24.2. The van der Waals surface area contributed by atoms with Crippen molar-refractivity contribution in [1.29, 1.82) is 10.8 Å². The highest BCUT2D eigenvalue weighted by Crippen LogP contribution is 2.24.